The smallest absolute Gasteiger partial charge is 0.224 e. The molecular weight excluding hydrogens is 273 g/mol. The van der Waals surface area contributed by atoms with Crippen molar-refractivity contribution in [2.45, 2.75) is 26.2 Å². The number of carbonyl (C=O) groups is 1. The Morgan fingerprint density at radius 3 is 2.88 bits per heavy atom. The average Bonchev–Trinajstić information content (AvgIpc) is 2.24. The molecule has 1 amide bonds. The molecule has 1 rings (SSSR count). The zero-order valence-electron chi connectivity index (χ0n) is 9.22. The van der Waals surface area contributed by atoms with Crippen molar-refractivity contribution >= 4 is 27.5 Å². The first-order valence-electron chi connectivity index (χ1n) is 5.25. The Morgan fingerprint density at radius 1 is 1.44 bits per heavy atom. The molecule has 1 aromatic carbocycles. The van der Waals surface area contributed by atoms with Crippen LogP contribution in [0.3, 0.4) is 0 Å². The highest BCUT2D eigenvalue weighted by atomic mass is 79.9. The van der Waals surface area contributed by atoms with Crippen molar-refractivity contribution in [2.75, 3.05) is 10.6 Å². The van der Waals surface area contributed by atoms with Gasteiger partial charge in [0.1, 0.15) is 5.82 Å². The summed E-state index contributed by atoms with van der Waals surface area (Å²) in [5.74, 6) is -0.523. The lowest BCUT2D eigenvalue weighted by molar-refractivity contribution is -0.116. The van der Waals surface area contributed by atoms with E-state index >= 15 is 0 Å². The minimum absolute atomic E-state index is 0.134. The molecule has 0 fully saturated rings. The fourth-order valence-corrected chi connectivity index (χ4v) is 1.72. The zero-order chi connectivity index (χ0) is 12.0. The van der Waals surface area contributed by atoms with Gasteiger partial charge in [-0.3, -0.25) is 4.79 Å². The number of anilines is 1. The van der Waals surface area contributed by atoms with E-state index in [-0.39, 0.29) is 17.4 Å². The minimum Gasteiger partial charge on any atom is -0.324 e. The van der Waals surface area contributed by atoms with Gasteiger partial charge in [-0.25, -0.2) is 4.39 Å². The lowest BCUT2D eigenvalue weighted by Gasteiger charge is -2.06. The van der Waals surface area contributed by atoms with E-state index in [1.165, 1.54) is 6.07 Å². The summed E-state index contributed by atoms with van der Waals surface area (Å²) >= 11 is 3.30. The fourth-order valence-electron chi connectivity index (χ4n) is 1.33. The monoisotopic (exact) mass is 287 g/mol. The molecule has 16 heavy (non-hydrogen) atoms. The van der Waals surface area contributed by atoms with Gasteiger partial charge < -0.3 is 5.32 Å². The Balaban J connectivity index is 2.52. The quantitative estimate of drug-likeness (QED) is 0.650. The predicted octanol–water partition coefficient (Wildman–Crippen LogP) is 3.64. The summed E-state index contributed by atoms with van der Waals surface area (Å²) in [6.07, 6.45) is 2.19. The second kappa shape index (κ2) is 6.63. The minimum atomic E-state index is -0.389. The molecule has 0 aliphatic heterocycles. The van der Waals surface area contributed by atoms with Gasteiger partial charge in [0.2, 0.25) is 5.91 Å². The van der Waals surface area contributed by atoms with Crippen LogP contribution in [0.4, 0.5) is 10.1 Å². The topological polar surface area (TPSA) is 29.1 Å². The second-order valence-electron chi connectivity index (χ2n) is 3.68. The number of amides is 1. The molecule has 0 atom stereocenters. The summed E-state index contributed by atoms with van der Waals surface area (Å²) in [5.41, 5.74) is 1.20. The Kier molecular flexibility index (Phi) is 5.46. The Morgan fingerprint density at radius 2 is 2.19 bits per heavy atom. The number of carbonyl (C=O) groups excluding carboxylic acids is 1. The van der Waals surface area contributed by atoms with Gasteiger partial charge >= 0.3 is 0 Å². The maximum Gasteiger partial charge on any atom is 0.224 e. The van der Waals surface area contributed by atoms with Crippen LogP contribution in [0, 0.1) is 12.7 Å². The van der Waals surface area contributed by atoms with Gasteiger partial charge in [0.05, 0.1) is 5.69 Å². The molecule has 0 saturated carbocycles. The highest BCUT2D eigenvalue weighted by Gasteiger charge is 2.06. The molecule has 0 radical (unpaired) electrons. The Labute approximate surface area is 103 Å². The number of nitrogens with one attached hydrogen (secondary N) is 1. The highest BCUT2D eigenvalue weighted by molar-refractivity contribution is 9.09. The van der Waals surface area contributed by atoms with E-state index in [1.54, 1.807) is 12.1 Å². The van der Waals surface area contributed by atoms with Crippen LogP contribution in [0.5, 0.6) is 0 Å². The van der Waals surface area contributed by atoms with Crippen LogP contribution in [-0.2, 0) is 4.79 Å². The summed E-state index contributed by atoms with van der Waals surface area (Å²) in [6, 6.07) is 4.68. The molecule has 0 aliphatic carbocycles. The molecule has 0 aliphatic rings. The van der Waals surface area contributed by atoms with E-state index in [0.29, 0.717) is 6.42 Å². The second-order valence-corrected chi connectivity index (χ2v) is 4.47. The molecule has 0 unspecified atom stereocenters. The van der Waals surface area contributed by atoms with E-state index in [9.17, 15) is 9.18 Å². The number of alkyl halides is 1. The SMILES string of the molecule is Cc1ccc(F)c(NC(=O)CCCCBr)c1. The van der Waals surface area contributed by atoms with Crippen molar-refractivity contribution in [3.05, 3.63) is 29.6 Å². The van der Waals surface area contributed by atoms with Crippen LogP contribution in [0.2, 0.25) is 0 Å². The molecule has 0 saturated heterocycles. The maximum absolute atomic E-state index is 13.3. The number of hydrogen-bond donors (Lipinski definition) is 1. The Bertz CT molecular complexity index is 368. The van der Waals surface area contributed by atoms with Crippen molar-refractivity contribution in [1.82, 2.24) is 0 Å². The molecule has 4 heteroatoms. The molecule has 0 aromatic heterocycles. The zero-order valence-corrected chi connectivity index (χ0v) is 10.8. The van der Waals surface area contributed by atoms with Crippen LogP contribution in [-0.4, -0.2) is 11.2 Å². The Hall–Kier alpha value is -0.900. The molecule has 1 N–H and O–H groups in total. The van der Waals surface area contributed by atoms with E-state index < -0.39 is 0 Å². The lowest BCUT2D eigenvalue weighted by Crippen LogP contribution is -2.12. The van der Waals surface area contributed by atoms with Crippen molar-refractivity contribution in [2.24, 2.45) is 0 Å². The lowest BCUT2D eigenvalue weighted by atomic mass is 10.2. The van der Waals surface area contributed by atoms with Gasteiger partial charge in [0.15, 0.2) is 0 Å². The van der Waals surface area contributed by atoms with Gasteiger partial charge in [-0.05, 0) is 37.5 Å². The first-order valence-corrected chi connectivity index (χ1v) is 6.37. The molecule has 0 spiro atoms. The van der Waals surface area contributed by atoms with E-state index in [0.717, 1.165) is 23.7 Å². The van der Waals surface area contributed by atoms with Crippen LogP contribution in [0.15, 0.2) is 18.2 Å². The maximum atomic E-state index is 13.3. The van der Waals surface area contributed by atoms with Crippen LogP contribution < -0.4 is 5.32 Å². The summed E-state index contributed by atoms with van der Waals surface area (Å²) < 4.78 is 13.3. The summed E-state index contributed by atoms with van der Waals surface area (Å²) in [4.78, 5) is 11.5. The third-order valence-electron chi connectivity index (χ3n) is 2.18. The first kappa shape index (κ1) is 13.2. The van der Waals surface area contributed by atoms with Gasteiger partial charge in [-0.2, -0.15) is 0 Å². The summed E-state index contributed by atoms with van der Waals surface area (Å²) in [6.45, 7) is 1.86. The largest absolute Gasteiger partial charge is 0.324 e. The van der Waals surface area contributed by atoms with E-state index in [2.05, 4.69) is 21.2 Å². The first-order chi connectivity index (χ1) is 7.63. The summed E-state index contributed by atoms with van der Waals surface area (Å²) in [5, 5.41) is 3.47. The molecule has 88 valence electrons. The van der Waals surface area contributed by atoms with Crippen LogP contribution >= 0.6 is 15.9 Å². The van der Waals surface area contributed by atoms with E-state index in [4.69, 9.17) is 0 Å². The molecular formula is C12H15BrFNO. The van der Waals surface area contributed by atoms with Crippen molar-refractivity contribution < 1.29 is 9.18 Å². The number of benzene rings is 1. The van der Waals surface area contributed by atoms with Crippen LogP contribution in [0.25, 0.3) is 0 Å². The van der Waals surface area contributed by atoms with Crippen molar-refractivity contribution in [3.8, 4) is 0 Å². The summed E-state index contributed by atoms with van der Waals surface area (Å²) in [7, 11) is 0. The van der Waals surface area contributed by atoms with Crippen LogP contribution in [0.1, 0.15) is 24.8 Å². The molecule has 0 heterocycles. The van der Waals surface area contributed by atoms with Crippen molar-refractivity contribution in [3.63, 3.8) is 0 Å². The third-order valence-corrected chi connectivity index (χ3v) is 2.74. The standard InChI is InChI=1S/C12H15BrFNO/c1-9-5-6-10(14)11(8-9)15-12(16)4-2-3-7-13/h5-6,8H,2-4,7H2,1H3,(H,15,16). The average molecular weight is 288 g/mol. The number of rotatable bonds is 5. The normalized spacial score (nSPS) is 10.2. The van der Waals surface area contributed by atoms with Gasteiger partial charge in [-0.1, -0.05) is 22.0 Å². The van der Waals surface area contributed by atoms with Gasteiger partial charge in [0, 0.05) is 11.8 Å². The van der Waals surface area contributed by atoms with Gasteiger partial charge in [0.25, 0.3) is 0 Å². The van der Waals surface area contributed by atoms with Gasteiger partial charge in [-0.15, -0.1) is 0 Å². The number of hydrogen-bond acceptors (Lipinski definition) is 1. The number of halogens is 2. The number of unbranched alkanes of at least 4 members (excludes halogenated alkanes) is 1. The number of aryl methyl sites for hydroxylation is 1. The molecule has 2 nitrogen and oxygen atoms in total. The van der Waals surface area contributed by atoms with Crippen molar-refractivity contribution in [1.29, 1.82) is 0 Å². The van der Waals surface area contributed by atoms with E-state index in [1.807, 2.05) is 6.92 Å². The molecule has 1 aromatic rings. The highest BCUT2D eigenvalue weighted by Crippen LogP contribution is 2.16. The molecule has 0 bridgehead atoms. The predicted molar refractivity (Wildman–Crippen MR) is 67.4 cm³/mol. The fraction of sp³-hybridized carbons (Fsp3) is 0.417. The third kappa shape index (κ3) is 4.31.